The molecule has 3 N–H and O–H groups in total. The molecule has 1 aromatic rings. The first kappa shape index (κ1) is 22.4. The van der Waals surface area contributed by atoms with Crippen LogP contribution in [-0.2, 0) is 11.2 Å². The molecule has 1 heterocycles. The maximum absolute atomic E-state index is 11.5. The number of para-hydroxylation sites is 1. The van der Waals surface area contributed by atoms with E-state index in [9.17, 15) is 15.0 Å². The zero-order chi connectivity index (χ0) is 21.7. The molecule has 1 aliphatic carbocycles. The van der Waals surface area contributed by atoms with Crippen LogP contribution in [0.4, 0.5) is 0 Å². The topological polar surface area (TPSA) is 78.8 Å². The van der Waals surface area contributed by atoms with Crippen molar-refractivity contribution in [3.8, 4) is 17.6 Å². The van der Waals surface area contributed by atoms with Crippen molar-refractivity contribution in [3.63, 3.8) is 0 Å². The number of nitrogens with one attached hydrogen (secondary N) is 1. The van der Waals surface area contributed by atoms with Gasteiger partial charge in [-0.05, 0) is 31.2 Å². The number of benzene rings is 1. The van der Waals surface area contributed by atoms with Crippen LogP contribution in [0.25, 0.3) is 0 Å². The number of carbonyl (C=O) groups excluding carboxylic acids is 1. The Morgan fingerprint density at radius 3 is 2.97 bits per heavy atom. The molecule has 1 saturated carbocycles. The average molecular weight is 412 g/mol. The van der Waals surface area contributed by atoms with Crippen LogP contribution in [0, 0.1) is 23.7 Å². The van der Waals surface area contributed by atoms with Crippen molar-refractivity contribution in [2.45, 2.75) is 70.2 Å². The van der Waals surface area contributed by atoms with Crippen molar-refractivity contribution in [1.82, 2.24) is 5.32 Å². The van der Waals surface area contributed by atoms with E-state index >= 15 is 0 Å². The summed E-state index contributed by atoms with van der Waals surface area (Å²) in [5.41, 5.74) is 2.25. The Balaban J connectivity index is 1.73. The van der Waals surface area contributed by atoms with Gasteiger partial charge in [0, 0.05) is 43.7 Å². The number of ether oxygens (including phenoxy) is 1. The first-order valence-corrected chi connectivity index (χ1v) is 10.9. The summed E-state index contributed by atoms with van der Waals surface area (Å²) in [6.45, 7) is 3.78. The molecular weight excluding hydrogens is 378 g/mol. The van der Waals surface area contributed by atoms with E-state index in [1.807, 2.05) is 25.1 Å². The van der Waals surface area contributed by atoms with Gasteiger partial charge in [-0.3, -0.25) is 4.79 Å². The maximum Gasteiger partial charge on any atom is 0.219 e. The molecule has 0 saturated heterocycles. The second-order valence-electron chi connectivity index (χ2n) is 8.41. The lowest BCUT2D eigenvalue weighted by Gasteiger charge is -2.19. The molecule has 1 amide bonds. The van der Waals surface area contributed by atoms with Crippen molar-refractivity contribution >= 4 is 5.91 Å². The maximum atomic E-state index is 11.5. The predicted molar refractivity (Wildman–Crippen MR) is 117 cm³/mol. The zero-order valence-corrected chi connectivity index (χ0v) is 18.1. The summed E-state index contributed by atoms with van der Waals surface area (Å²) < 4.78 is 6.28. The predicted octanol–water partition coefficient (Wildman–Crippen LogP) is 2.95. The van der Waals surface area contributed by atoms with Gasteiger partial charge in [0.1, 0.15) is 11.9 Å². The summed E-state index contributed by atoms with van der Waals surface area (Å²) in [6, 6.07) is 6.17. The molecule has 2 aliphatic rings. The molecule has 5 nitrogen and oxygen atoms in total. The number of hydrogen-bond donors (Lipinski definition) is 3. The van der Waals surface area contributed by atoms with E-state index in [2.05, 4.69) is 29.3 Å². The van der Waals surface area contributed by atoms with Gasteiger partial charge < -0.3 is 20.3 Å². The third-order valence-electron chi connectivity index (χ3n) is 6.33. The largest absolute Gasteiger partial charge is 0.489 e. The molecule has 3 rings (SSSR count). The average Bonchev–Trinajstić information content (AvgIpc) is 3.25. The fourth-order valence-corrected chi connectivity index (χ4v) is 4.55. The number of amides is 1. The van der Waals surface area contributed by atoms with E-state index in [0.717, 1.165) is 29.7 Å². The number of fused-ring (bicyclic) bond motifs is 3. The molecule has 6 atom stereocenters. The van der Waals surface area contributed by atoms with Crippen LogP contribution in [0.5, 0.6) is 5.75 Å². The number of rotatable bonds is 8. The van der Waals surface area contributed by atoms with E-state index in [4.69, 9.17) is 4.74 Å². The number of aryl methyl sites for hydroxylation is 1. The first-order chi connectivity index (χ1) is 14.5. The minimum Gasteiger partial charge on any atom is -0.489 e. The Labute approximate surface area is 179 Å². The van der Waals surface area contributed by atoms with Crippen LogP contribution in [0.3, 0.4) is 0 Å². The Morgan fingerprint density at radius 1 is 1.43 bits per heavy atom. The van der Waals surface area contributed by atoms with Crippen molar-refractivity contribution in [2.24, 2.45) is 11.8 Å². The van der Waals surface area contributed by atoms with Gasteiger partial charge in [0.05, 0.1) is 12.2 Å². The van der Waals surface area contributed by atoms with Crippen molar-refractivity contribution in [1.29, 1.82) is 0 Å². The fraction of sp³-hybridized carbons (Fsp3) is 0.560. The molecule has 0 radical (unpaired) electrons. The van der Waals surface area contributed by atoms with Gasteiger partial charge in [-0.1, -0.05) is 37.3 Å². The summed E-state index contributed by atoms with van der Waals surface area (Å²) in [7, 11) is 1.65. The Kier molecular flexibility index (Phi) is 7.58. The SMILES string of the molecule is CC#CC[C@H](C)[C@H](O)/C=C/[C@@H]1[C@H]2c3cccc(CCCC(=O)NC)c3O[C@H]2C[C@H]1O. The monoisotopic (exact) mass is 411 g/mol. The zero-order valence-electron chi connectivity index (χ0n) is 18.1. The van der Waals surface area contributed by atoms with E-state index < -0.39 is 12.2 Å². The first-order valence-electron chi connectivity index (χ1n) is 10.9. The van der Waals surface area contributed by atoms with Gasteiger partial charge in [-0.2, -0.15) is 0 Å². The second kappa shape index (κ2) is 10.1. The summed E-state index contributed by atoms with van der Waals surface area (Å²) >= 11 is 0. The smallest absolute Gasteiger partial charge is 0.219 e. The van der Waals surface area contributed by atoms with E-state index in [1.165, 1.54) is 0 Å². The van der Waals surface area contributed by atoms with Gasteiger partial charge in [0.15, 0.2) is 0 Å². The highest BCUT2D eigenvalue weighted by atomic mass is 16.5. The van der Waals surface area contributed by atoms with Gasteiger partial charge >= 0.3 is 0 Å². The molecule has 5 heteroatoms. The van der Waals surface area contributed by atoms with E-state index in [-0.39, 0.29) is 29.8 Å². The molecule has 1 aliphatic heterocycles. The third-order valence-corrected chi connectivity index (χ3v) is 6.33. The highest BCUT2D eigenvalue weighted by molar-refractivity contribution is 5.75. The number of aliphatic hydroxyl groups is 2. The van der Waals surface area contributed by atoms with Gasteiger partial charge in [0.2, 0.25) is 5.91 Å². The molecule has 0 bridgehead atoms. The van der Waals surface area contributed by atoms with Crippen LogP contribution >= 0.6 is 0 Å². The van der Waals surface area contributed by atoms with Crippen molar-refractivity contribution < 1.29 is 19.7 Å². The van der Waals surface area contributed by atoms with Crippen LogP contribution in [0.1, 0.15) is 56.6 Å². The van der Waals surface area contributed by atoms with Crippen molar-refractivity contribution in [3.05, 3.63) is 41.5 Å². The number of carbonyl (C=O) groups is 1. The third kappa shape index (κ3) is 4.88. The summed E-state index contributed by atoms with van der Waals surface area (Å²) in [5, 5.41) is 23.7. The molecule has 1 fully saturated rings. The lowest BCUT2D eigenvalue weighted by molar-refractivity contribution is -0.120. The lowest BCUT2D eigenvalue weighted by Crippen LogP contribution is -2.19. The van der Waals surface area contributed by atoms with Crippen molar-refractivity contribution in [2.75, 3.05) is 7.05 Å². The molecule has 30 heavy (non-hydrogen) atoms. The molecule has 0 unspecified atom stereocenters. The quantitative estimate of drug-likeness (QED) is 0.454. The molecule has 0 spiro atoms. The van der Waals surface area contributed by atoms with Gasteiger partial charge in [-0.25, -0.2) is 0 Å². The molecular formula is C25H33NO4. The highest BCUT2D eigenvalue weighted by Gasteiger charge is 2.48. The number of aliphatic hydroxyl groups excluding tert-OH is 2. The summed E-state index contributed by atoms with van der Waals surface area (Å²) in [5.74, 6) is 6.88. The molecule has 1 aromatic carbocycles. The normalized spacial score (nSPS) is 26.3. The van der Waals surface area contributed by atoms with E-state index in [1.54, 1.807) is 14.0 Å². The van der Waals surface area contributed by atoms with Crippen LogP contribution in [0.2, 0.25) is 0 Å². The van der Waals surface area contributed by atoms with E-state index in [0.29, 0.717) is 19.3 Å². The highest BCUT2D eigenvalue weighted by Crippen LogP contribution is 2.52. The fourth-order valence-electron chi connectivity index (χ4n) is 4.55. The Bertz CT molecular complexity index is 837. The van der Waals surface area contributed by atoms with Crippen LogP contribution in [0.15, 0.2) is 30.4 Å². The van der Waals surface area contributed by atoms with Crippen LogP contribution in [-0.4, -0.2) is 41.5 Å². The minimum absolute atomic E-state index is 0.0436. The molecule has 0 aromatic heterocycles. The van der Waals surface area contributed by atoms with Gasteiger partial charge in [0.25, 0.3) is 0 Å². The number of hydrogen-bond acceptors (Lipinski definition) is 4. The summed E-state index contributed by atoms with van der Waals surface area (Å²) in [6.07, 6.45) is 5.93. The Hall–Kier alpha value is -2.29. The second-order valence-corrected chi connectivity index (χ2v) is 8.41. The standard InChI is InChI=1S/C25H33NO4/c1-4-5-8-16(2)20(27)14-13-18-21(28)15-22-24(18)19-11-6-9-17(25(19)30-22)10-7-12-23(29)26-3/h6,9,11,13-14,16,18,20-22,24,27-28H,7-8,10,12,15H2,1-3H3,(H,26,29)/b14-13+/t16-,18-,20+,21+,22-,24-/m0/s1. The Morgan fingerprint density at radius 2 is 2.23 bits per heavy atom. The van der Waals surface area contributed by atoms with Gasteiger partial charge in [-0.15, -0.1) is 11.8 Å². The summed E-state index contributed by atoms with van der Waals surface area (Å²) in [4.78, 5) is 11.5. The van der Waals surface area contributed by atoms with Crippen LogP contribution < -0.4 is 10.1 Å². The lowest BCUT2D eigenvalue weighted by atomic mass is 9.86. The minimum atomic E-state index is -0.588. The molecule has 162 valence electrons.